The maximum absolute atomic E-state index is 6.51. The van der Waals surface area contributed by atoms with Gasteiger partial charge in [-0.3, -0.25) is 0 Å². The summed E-state index contributed by atoms with van der Waals surface area (Å²) in [6.45, 7) is 0. The van der Waals surface area contributed by atoms with Gasteiger partial charge in [-0.25, -0.2) is 15.0 Å². The molecule has 4 aromatic heterocycles. The second kappa shape index (κ2) is 12.3. The molecule has 12 aromatic rings. The van der Waals surface area contributed by atoms with Crippen molar-refractivity contribution in [2.24, 2.45) is 0 Å². The molecule has 0 atom stereocenters. The molecule has 0 saturated heterocycles. The topological polar surface area (TPSA) is 69.9 Å². The molecule has 57 heavy (non-hydrogen) atoms. The quantitative estimate of drug-likeness (QED) is 0.176. The van der Waals surface area contributed by atoms with E-state index < -0.39 is 0 Å². The zero-order chi connectivity index (χ0) is 37.5. The summed E-state index contributed by atoms with van der Waals surface area (Å²) in [7, 11) is 0. The Bertz CT molecular complexity index is 3490. The molecule has 0 aliphatic heterocycles. The molecule has 6 heteroatoms. The van der Waals surface area contributed by atoms with Crippen molar-refractivity contribution < 1.29 is 8.83 Å². The Kier molecular flexibility index (Phi) is 6.83. The van der Waals surface area contributed by atoms with E-state index in [4.69, 9.17) is 23.8 Å². The number of nitrogens with zero attached hydrogens (tertiary/aromatic N) is 4. The lowest BCUT2D eigenvalue weighted by Gasteiger charge is -2.11. The van der Waals surface area contributed by atoms with Crippen molar-refractivity contribution in [2.75, 3.05) is 0 Å². The summed E-state index contributed by atoms with van der Waals surface area (Å²) in [6.07, 6.45) is 0. The molecule has 12 rings (SSSR count). The highest BCUT2D eigenvalue weighted by atomic mass is 16.3. The van der Waals surface area contributed by atoms with E-state index in [1.807, 2.05) is 54.6 Å². The largest absolute Gasteiger partial charge is 0.456 e. The summed E-state index contributed by atoms with van der Waals surface area (Å²) in [4.78, 5) is 15.2. The SMILES string of the molecule is c1ccc(-c2nc(-c3cccc(-n4c5ccccc5c5ccccc54)c3)nc(-c3ccc4c(c3)oc3ccc(-c5cccc6oc7ccccc7c56)cc34)n2)cc1. The fourth-order valence-electron chi connectivity index (χ4n) is 8.43. The van der Waals surface area contributed by atoms with Crippen LogP contribution in [0.15, 0.2) is 191 Å². The van der Waals surface area contributed by atoms with Crippen molar-refractivity contribution in [1.29, 1.82) is 0 Å². The smallest absolute Gasteiger partial charge is 0.164 e. The standard InChI is InChI=1S/C51H30N4O2/c1-2-12-31(13-3-1)49-52-50(33-14-10-15-35(28-33)55-42-20-7-4-16-37(42)38-17-5-8-21-43(38)55)54-51(53-49)34-24-26-39-41-29-32(25-27-45(41)57-47(39)30-34)36-19-11-23-46-48(36)40-18-6-9-22-44(40)56-46/h1-30H. The van der Waals surface area contributed by atoms with Crippen LogP contribution in [0.2, 0.25) is 0 Å². The number of furan rings is 2. The van der Waals surface area contributed by atoms with Crippen LogP contribution in [0.25, 0.3) is 117 Å². The first-order valence-electron chi connectivity index (χ1n) is 19.0. The molecule has 0 bridgehead atoms. The van der Waals surface area contributed by atoms with E-state index >= 15 is 0 Å². The second-order valence-electron chi connectivity index (χ2n) is 14.4. The van der Waals surface area contributed by atoms with Gasteiger partial charge in [-0.2, -0.15) is 0 Å². The molecule has 0 amide bonds. The van der Waals surface area contributed by atoms with E-state index in [9.17, 15) is 0 Å². The van der Waals surface area contributed by atoms with Gasteiger partial charge in [-0.1, -0.05) is 121 Å². The van der Waals surface area contributed by atoms with Crippen molar-refractivity contribution in [1.82, 2.24) is 19.5 Å². The third-order valence-corrected chi connectivity index (χ3v) is 11.1. The van der Waals surface area contributed by atoms with Gasteiger partial charge in [0.25, 0.3) is 0 Å². The first-order chi connectivity index (χ1) is 28.2. The van der Waals surface area contributed by atoms with Crippen LogP contribution in [0.1, 0.15) is 0 Å². The lowest BCUT2D eigenvalue weighted by molar-refractivity contribution is 0.669. The first kappa shape index (κ1) is 31.5. The minimum Gasteiger partial charge on any atom is -0.456 e. The van der Waals surface area contributed by atoms with Crippen LogP contribution >= 0.6 is 0 Å². The van der Waals surface area contributed by atoms with Crippen molar-refractivity contribution in [3.63, 3.8) is 0 Å². The molecule has 0 radical (unpaired) electrons. The number of hydrogen-bond acceptors (Lipinski definition) is 5. The monoisotopic (exact) mass is 730 g/mol. The molecule has 0 aliphatic rings. The Labute approximate surface area is 325 Å². The fourth-order valence-corrected chi connectivity index (χ4v) is 8.43. The van der Waals surface area contributed by atoms with Crippen LogP contribution in [0.3, 0.4) is 0 Å². The summed E-state index contributed by atoms with van der Waals surface area (Å²) in [6, 6.07) is 62.7. The normalized spacial score (nSPS) is 11.9. The van der Waals surface area contributed by atoms with Gasteiger partial charge in [0.2, 0.25) is 0 Å². The molecule has 266 valence electrons. The predicted molar refractivity (Wildman–Crippen MR) is 230 cm³/mol. The maximum atomic E-state index is 6.51. The van der Waals surface area contributed by atoms with E-state index in [1.165, 1.54) is 10.8 Å². The number of aromatic nitrogens is 4. The van der Waals surface area contributed by atoms with Crippen LogP contribution in [0.4, 0.5) is 0 Å². The van der Waals surface area contributed by atoms with Gasteiger partial charge in [-0.05, 0) is 71.8 Å². The van der Waals surface area contributed by atoms with Crippen molar-refractivity contribution in [3.05, 3.63) is 182 Å². The lowest BCUT2D eigenvalue weighted by Crippen LogP contribution is -2.01. The van der Waals surface area contributed by atoms with Gasteiger partial charge in [-0.15, -0.1) is 0 Å². The van der Waals surface area contributed by atoms with Gasteiger partial charge in [0.05, 0.1) is 11.0 Å². The molecule has 0 fully saturated rings. The van der Waals surface area contributed by atoms with Crippen LogP contribution in [-0.2, 0) is 0 Å². The van der Waals surface area contributed by atoms with Gasteiger partial charge < -0.3 is 13.4 Å². The molecule has 8 aromatic carbocycles. The summed E-state index contributed by atoms with van der Waals surface area (Å²) >= 11 is 0. The van der Waals surface area contributed by atoms with Crippen molar-refractivity contribution >= 4 is 65.7 Å². The molecular weight excluding hydrogens is 701 g/mol. The van der Waals surface area contributed by atoms with Gasteiger partial charge in [0.1, 0.15) is 22.3 Å². The number of hydrogen-bond donors (Lipinski definition) is 0. The number of benzene rings is 8. The zero-order valence-corrected chi connectivity index (χ0v) is 30.4. The highest BCUT2D eigenvalue weighted by molar-refractivity contribution is 6.14. The molecule has 0 aliphatic carbocycles. The summed E-state index contributed by atoms with van der Waals surface area (Å²) < 4.78 is 15.0. The molecule has 6 nitrogen and oxygen atoms in total. The van der Waals surface area contributed by atoms with Crippen LogP contribution in [0.5, 0.6) is 0 Å². The maximum Gasteiger partial charge on any atom is 0.164 e. The van der Waals surface area contributed by atoms with Crippen LogP contribution in [0, 0.1) is 0 Å². The Morgan fingerprint density at radius 3 is 1.70 bits per heavy atom. The second-order valence-corrected chi connectivity index (χ2v) is 14.4. The molecule has 0 unspecified atom stereocenters. The van der Waals surface area contributed by atoms with E-state index in [0.717, 1.165) is 88.4 Å². The number of rotatable bonds is 5. The van der Waals surface area contributed by atoms with Crippen molar-refractivity contribution in [3.8, 4) is 51.0 Å². The predicted octanol–water partition coefficient (Wildman–Crippen LogP) is 13.4. The average molecular weight is 731 g/mol. The van der Waals surface area contributed by atoms with E-state index in [0.29, 0.717) is 17.5 Å². The Hall–Kier alpha value is -7.83. The Balaban J connectivity index is 0.989. The Morgan fingerprint density at radius 2 is 0.912 bits per heavy atom. The van der Waals surface area contributed by atoms with Gasteiger partial charge >= 0.3 is 0 Å². The summed E-state index contributed by atoms with van der Waals surface area (Å²) in [5.41, 5.74) is 11.6. The average Bonchev–Trinajstić information content (AvgIpc) is 3.95. The van der Waals surface area contributed by atoms with Crippen LogP contribution < -0.4 is 0 Å². The fraction of sp³-hybridized carbons (Fsp3) is 0. The third kappa shape index (κ3) is 5.01. The lowest BCUT2D eigenvalue weighted by atomic mass is 9.98. The minimum atomic E-state index is 0.572. The molecule has 0 saturated carbocycles. The molecular formula is C51H30N4O2. The summed E-state index contributed by atoms with van der Waals surface area (Å²) in [5.74, 6) is 1.77. The highest BCUT2D eigenvalue weighted by Crippen LogP contribution is 2.40. The number of para-hydroxylation sites is 3. The van der Waals surface area contributed by atoms with E-state index in [2.05, 4.69) is 132 Å². The summed E-state index contributed by atoms with van der Waals surface area (Å²) in [5, 5.41) is 6.72. The zero-order valence-electron chi connectivity index (χ0n) is 30.4. The van der Waals surface area contributed by atoms with Gasteiger partial charge in [0, 0.05) is 54.7 Å². The van der Waals surface area contributed by atoms with Crippen molar-refractivity contribution in [2.45, 2.75) is 0 Å². The third-order valence-electron chi connectivity index (χ3n) is 11.1. The van der Waals surface area contributed by atoms with Gasteiger partial charge in [0.15, 0.2) is 17.5 Å². The number of fused-ring (bicyclic) bond motifs is 9. The highest BCUT2D eigenvalue weighted by Gasteiger charge is 2.18. The minimum absolute atomic E-state index is 0.572. The van der Waals surface area contributed by atoms with E-state index in [1.54, 1.807) is 0 Å². The first-order valence-corrected chi connectivity index (χ1v) is 19.0. The Morgan fingerprint density at radius 1 is 0.333 bits per heavy atom. The molecule has 0 spiro atoms. The molecule has 4 heterocycles. The molecule has 0 N–H and O–H groups in total. The van der Waals surface area contributed by atoms with Crippen LogP contribution in [-0.4, -0.2) is 19.5 Å². The van der Waals surface area contributed by atoms with E-state index in [-0.39, 0.29) is 0 Å².